The first kappa shape index (κ1) is 14.1. The maximum Gasteiger partial charge on any atom is 0.339 e. The third kappa shape index (κ3) is 8.07. The average molecular weight is 240 g/mol. The molecule has 0 heterocycles. The molecule has 9 heteroatoms. The third-order valence-corrected chi connectivity index (χ3v) is 2.12. The Labute approximate surface area is 85.6 Å². The first-order valence-corrected chi connectivity index (χ1v) is 5.81. The van der Waals surface area contributed by atoms with E-state index >= 15 is 0 Å². The van der Waals surface area contributed by atoms with Gasteiger partial charge in [-0.1, -0.05) is 0 Å². The predicted molar refractivity (Wildman–Crippen MR) is 49.9 cm³/mol. The van der Waals surface area contributed by atoms with E-state index in [0.717, 1.165) is 0 Å². The molecule has 1 amide bonds. The lowest BCUT2D eigenvalue weighted by molar-refractivity contribution is -0.139. The first-order valence-electron chi connectivity index (χ1n) is 4.01. The van der Waals surface area contributed by atoms with Gasteiger partial charge in [-0.15, -0.1) is 0 Å². The average Bonchev–Trinajstić information content (AvgIpc) is 2.00. The lowest BCUT2D eigenvalue weighted by Gasteiger charge is -2.13. The lowest BCUT2D eigenvalue weighted by atomic mass is 10.1. The number of carbonyl (C=O) groups excluding carboxylic acids is 1. The maximum absolute atomic E-state index is 10.6. The zero-order valence-electron chi connectivity index (χ0n) is 7.79. The van der Waals surface area contributed by atoms with Gasteiger partial charge in [0, 0.05) is 6.42 Å². The quantitative estimate of drug-likeness (QED) is 0.337. The fraction of sp³-hybridized carbons (Fsp3) is 0.667. The molecule has 0 aromatic heterocycles. The van der Waals surface area contributed by atoms with Crippen molar-refractivity contribution < 1.29 is 29.0 Å². The molecule has 0 fully saturated rings. The summed E-state index contributed by atoms with van der Waals surface area (Å²) in [6.45, 7) is 0. The van der Waals surface area contributed by atoms with Crippen molar-refractivity contribution in [1.82, 2.24) is 5.32 Å². The van der Waals surface area contributed by atoms with E-state index in [1.807, 2.05) is 0 Å². The topological polar surface area (TPSA) is 150 Å². The molecule has 0 aliphatic rings. The second-order valence-electron chi connectivity index (χ2n) is 2.92. The molecule has 0 saturated carbocycles. The highest BCUT2D eigenvalue weighted by Crippen LogP contribution is 2.32. The first-order chi connectivity index (χ1) is 6.72. The summed E-state index contributed by atoms with van der Waals surface area (Å²) in [4.78, 5) is 37.9. The van der Waals surface area contributed by atoms with E-state index in [-0.39, 0.29) is 12.8 Å². The maximum atomic E-state index is 10.6. The normalized spacial score (nSPS) is 13.5. The van der Waals surface area contributed by atoms with E-state index in [1.54, 1.807) is 0 Å². The van der Waals surface area contributed by atoms with E-state index in [4.69, 9.17) is 20.6 Å². The molecule has 0 radical (unpaired) electrons. The van der Waals surface area contributed by atoms with Crippen molar-refractivity contribution in [2.24, 2.45) is 5.73 Å². The summed E-state index contributed by atoms with van der Waals surface area (Å²) in [7, 11) is -4.30. The number of carboxylic acids is 1. The van der Waals surface area contributed by atoms with Gasteiger partial charge in [-0.3, -0.25) is 19.5 Å². The molecule has 0 aromatic rings. The van der Waals surface area contributed by atoms with Crippen LogP contribution in [0.1, 0.15) is 12.8 Å². The molecule has 1 atom stereocenters. The Hall–Kier alpha value is -0.950. The number of hydrogen-bond acceptors (Lipinski definition) is 4. The number of nitrogens with two attached hydrogens (primary N) is 1. The number of aliphatic carboxylic acids is 1. The van der Waals surface area contributed by atoms with Crippen LogP contribution in [0.4, 0.5) is 0 Å². The molecule has 0 bridgehead atoms. The second kappa shape index (κ2) is 5.82. The molecule has 0 unspecified atom stereocenters. The van der Waals surface area contributed by atoms with Crippen LogP contribution in [0.5, 0.6) is 0 Å². The smallest absolute Gasteiger partial charge is 0.339 e. The highest BCUT2D eigenvalue weighted by atomic mass is 31.2. The summed E-state index contributed by atoms with van der Waals surface area (Å²) in [5.41, 5.74) is 4.81. The summed E-state index contributed by atoms with van der Waals surface area (Å²) < 4.78 is 10.4. The van der Waals surface area contributed by atoms with Crippen LogP contribution in [0.25, 0.3) is 0 Å². The van der Waals surface area contributed by atoms with Crippen LogP contribution in [-0.2, 0) is 14.2 Å². The Morgan fingerprint density at radius 2 is 1.93 bits per heavy atom. The number of carbonyl (C=O) groups is 2. The minimum atomic E-state index is -4.30. The number of amides is 1. The van der Waals surface area contributed by atoms with Gasteiger partial charge in [0.25, 0.3) is 0 Å². The Kier molecular flexibility index (Phi) is 5.45. The molecule has 0 saturated heterocycles. The Morgan fingerprint density at radius 3 is 2.27 bits per heavy atom. The van der Waals surface area contributed by atoms with E-state index in [0.29, 0.717) is 0 Å². The Morgan fingerprint density at radius 1 is 1.40 bits per heavy atom. The third-order valence-electron chi connectivity index (χ3n) is 1.52. The fourth-order valence-electron chi connectivity index (χ4n) is 0.829. The van der Waals surface area contributed by atoms with Crippen molar-refractivity contribution in [3.8, 4) is 0 Å². The standard InChI is InChI=1S/C6H13N2O6P/c7-5(9)2-1-4(6(10)11)8-3-15(12,13)14/h4,8H,1-3H2,(H2,7,9)(H,10,11)(H2,12,13,14)/t4-/m0/s1. The molecule has 0 rings (SSSR count). The van der Waals surface area contributed by atoms with Crippen LogP contribution in [0.15, 0.2) is 0 Å². The van der Waals surface area contributed by atoms with Crippen molar-refractivity contribution in [2.75, 3.05) is 6.29 Å². The van der Waals surface area contributed by atoms with Gasteiger partial charge in [0.05, 0.1) is 6.29 Å². The summed E-state index contributed by atoms with van der Waals surface area (Å²) in [5.74, 6) is -1.95. The summed E-state index contributed by atoms with van der Waals surface area (Å²) in [5, 5.41) is 10.8. The number of primary amides is 1. The molecule has 0 spiro atoms. The van der Waals surface area contributed by atoms with Crippen LogP contribution < -0.4 is 11.1 Å². The van der Waals surface area contributed by atoms with E-state index in [9.17, 15) is 14.2 Å². The zero-order valence-corrected chi connectivity index (χ0v) is 8.68. The lowest BCUT2D eigenvalue weighted by Crippen LogP contribution is -2.38. The molecular weight excluding hydrogens is 227 g/mol. The molecule has 6 N–H and O–H groups in total. The van der Waals surface area contributed by atoms with Gasteiger partial charge in [-0.2, -0.15) is 0 Å². The number of carboxylic acid groups (broad SMARTS) is 1. The fourth-order valence-corrected chi connectivity index (χ4v) is 1.29. The zero-order chi connectivity index (χ0) is 12.1. The van der Waals surface area contributed by atoms with Gasteiger partial charge in [-0.05, 0) is 6.42 Å². The molecule has 88 valence electrons. The van der Waals surface area contributed by atoms with Gasteiger partial charge in [0.2, 0.25) is 5.91 Å². The van der Waals surface area contributed by atoms with Crippen molar-refractivity contribution in [3.63, 3.8) is 0 Å². The monoisotopic (exact) mass is 240 g/mol. The van der Waals surface area contributed by atoms with Crippen LogP contribution >= 0.6 is 7.60 Å². The number of rotatable bonds is 7. The summed E-state index contributed by atoms with van der Waals surface area (Å²) in [6, 6.07) is -1.19. The minimum Gasteiger partial charge on any atom is -0.480 e. The summed E-state index contributed by atoms with van der Waals surface area (Å²) >= 11 is 0. The van der Waals surface area contributed by atoms with Crippen molar-refractivity contribution >= 4 is 19.5 Å². The van der Waals surface area contributed by atoms with Gasteiger partial charge in [0.15, 0.2) is 0 Å². The molecule has 8 nitrogen and oxygen atoms in total. The highest BCUT2D eigenvalue weighted by Gasteiger charge is 2.21. The largest absolute Gasteiger partial charge is 0.480 e. The molecule has 15 heavy (non-hydrogen) atoms. The van der Waals surface area contributed by atoms with Crippen LogP contribution in [0, 0.1) is 0 Å². The van der Waals surface area contributed by atoms with Crippen molar-refractivity contribution in [3.05, 3.63) is 0 Å². The van der Waals surface area contributed by atoms with Crippen LogP contribution in [0.3, 0.4) is 0 Å². The SMILES string of the molecule is NC(=O)CC[C@H](NCP(=O)(O)O)C(=O)O. The molecular formula is C6H13N2O6P. The van der Waals surface area contributed by atoms with Crippen molar-refractivity contribution in [1.29, 1.82) is 0 Å². The predicted octanol–water partition coefficient (Wildman–Crippen LogP) is -1.57. The second-order valence-corrected chi connectivity index (χ2v) is 4.57. The van der Waals surface area contributed by atoms with Gasteiger partial charge < -0.3 is 20.6 Å². The number of hydrogen-bond donors (Lipinski definition) is 5. The number of nitrogens with one attached hydrogen (secondary N) is 1. The Bertz CT molecular complexity index is 287. The van der Waals surface area contributed by atoms with Gasteiger partial charge >= 0.3 is 13.6 Å². The molecule has 0 aliphatic carbocycles. The van der Waals surface area contributed by atoms with E-state index < -0.39 is 31.8 Å². The highest BCUT2D eigenvalue weighted by molar-refractivity contribution is 7.51. The summed E-state index contributed by atoms with van der Waals surface area (Å²) in [6.07, 6.45) is -1.02. The molecule has 0 aromatic carbocycles. The van der Waals surface area contributed by atoms with Gasteiger partial charge in [-0.25, -0.2) is 0 Å². The molecule has 0 aliphatic heterocycles. The van der Waals surface area contributed by atoms with E-state index in [1.165, 1.54) is 0 Å². The van der Waals surface area contributed by atoms with E-state index in [2.05, 4.69) is 5.32 Å². The van der Waals surface area contributed by atoms with Crippen molar-refractivity contribution in [2.45, 2.75) is 18.9 Å². The van der Waals surface area contributed by atoms with Gasteiger partial charge in [0.1, 0.15) is 6.04 Å². The minimum absolute atomic E-state index is 0.106. The van der Waals surface area contributed by atoms with Crippen LogP contribution in [-0.4, -0.2) is 39.1 Å². The van der Waals surface area contributed by atoms with Crippen LogP contribution in [0.2, 0.25) is 0 Å². The Balaban J connectivity index is 4.11.